The third-order valence-corrected chi connectivity index (χ3v) is 5.14. The minimum Gasteiger partial charge on any atom is -0.365 e. The summed E-state index contributed by atoms with van der Waals surface area (Å²) < 4.78 is 0. The fourth-order valence-corrected chi connectivity index (χ4v) is 3.38. The lowest BCUT2D eigenvalue weighted by atomic mass is 9.97. The number of hydrogen-bond acceptors (Lipinski definition) is 5. The van der Waals surface area contributed by atoms with E-state index >= 15 is 0 Å². The average Bonchev–Trinajstić information content (AvgIpc) is 3.26. The van der Waals surface area contributed by atoms with Crippen molar-refractivity contribution in [3.63, 3.8) is 0 Å². The van der Waals surface area contributed by atoms with Gasteiger partial charge < -0.3 is 15.5 Å². The second-order valence-corrected chi connectivity index (χ2v) is 6.92. The van der Waals surface area contributed by atoms with Gasteiger partial charge >= 0.3 is 0 Å². The molecule has 1 saturated heterocycles. The first-order valence-corrected chi connectivity index (χ1v) is 8.75. The topological polar surface area (TPSA) is 74.3 Å². The number of hydrogen-bond donors (Lipinski definition) is 2. The molecule has 1 aliphatic heterocycles. The highest BCUT2D eigenvalue weighted by Gasteiger charge is 2.30. The molecule has 1 saturated carbocycles. The van der Waals surface area contributed by atoms with Crippen molar-refractivity contribution < 1.29 is 9.59 Å². The fourth-order valence-electron chi connectivity index (χ4n) is 2.74. The molecule has 0 radical (unpaired) electrons. The molecular formula is C15H22N4O2S. The molecule has 2 fully saturated rings. The van der Waals surface area contributed by atoms with Crippen LogP contribution in [-0.4, -0.2) is 48.4 Å². The molecule has 2 amide bonds. The fraction of sp³-hybridized carbons (Fsp3) is 0.667. The van der Waals surface area contributed by atoms with E-state index in [0.717, 1.165) is 24.5 Å². The van der Waals surface area contributed by atoms with Gasteiger partial charge in [-0.15, -0.1) is 11.3 Å². The first-order valence-electron chi connectivity index (χ1n) is 7.87. The van der Waals surface area contributed by atoms with E-state index in [0.29, 0.717) is 24.7 Å². The number of anilines is 1. The van der Waals surface area contributed by atoms with Crippen molar-refractivity contribution in [2.75, 3.05) is 32.0 Å². The van der Waals surface area contributed by atoms with Crippen molar-refractivity contribution in [2.24, 2.45) is 11.8 Å². The molecule has 3 rings (SSSR count). The van der Waals surface area contributed by atoms with Crippen LogP contribution < -0.4 is 10.6 Å². The van der Waals surface area contributed by atoms with Gasteiger partial charge in [-0.1, -0.05) is 0 Å². The highest BCUT2D eigenvalue weighted by atomic mass is 32.1. The lowest BCUT2D eigenvalue weighted by Crippen LogP contribution is -2.45. The van der Waals surface area contributed by atoms with E-state index in [-0.39, 0.29) is 17.7 Å². The van der Waals surface area contributed by atoms with Crippen molar-refractivity contribution in [2.45, 2.75) is 25.7 Å². The number of aromatic nitrogens is 1. The van der Waals surface area contributed by atoms with Crippen LogP contribution in [0.2, 0.25) is 0 Å². The number of nitrogens with zero attached hydrogens (tertiary/aromatic N) is 2. The van der Waals surface area contributed by atoms with Crippen LogP contribution in [-0.2, 0) is 4.79 Å². The zero-order valence-corrected chi connectivity index (χ0v) is 13.6. The normalized spacial score (nSPS) is 21.5. The number of rotatable bonds is 5. The summed E-state index contributed by atoms with van der Waals surface area (Å²) in [5.41, 5.74) is 0.466. The summed E-state index contributed by atoms with van der Waals surface area (Å²) in [6, 6.07) is 0. The van der Waals surface area contributed by atoms with Gasteiger partial charge in [-0.2, -0.15) is 0 Å². The Morgan fingerprint density at radius 2 is 2.23 bits per heavy atom. The maximum Gasteiger partial charge on any atom is 0.273 e. The van der Waals surface area contributed by atoms with Crippen LogP contribution >= 0.6 is 11.3 Å². The van der Waals surface area contributed by atoms with E-state index in [1.807, 2.05) is 0 Å². The van der Waals surface area contributed by atoms with Gasteiger partial charge in [0.2, 0.25) is 5.91 Å². The van der Waals surface area contributed by atoms with Crippen LogP contribution in [0, 0.1) is 11.8 Å². The van der Waals surface area contributed by atoms with E-state index in [1.54, 1.807) is 17.3 Å². The van der Waals surface area contributed by atoms with Crippen LogP contribution in [0.25, 0.3) is 0 Å². The number of amides is 2. The Labute approximate surface area is 134 Å². The van der Waals surface area contributed by atoms with Gasteiger partial charge in [0.15, 0.2) is 5.13 Å². The molecule has 2 heterocycles. The molecule has 2 N–H and O–H groups in total. The van der Waals surface area contributed by atoms with Crippen LogP contribution in [0.3, 0.4) is 0 Å². The van der Waals surface area contributed by atoms with E-state index < -0.39 is 0 Å². The molecule has 120 valence electrons. The standard InChI is InChI=1S/C15H22N4O2S/c1-16-15-18-12(9-22-15)14(21)19-6-2-3-11(8-19)13(20)17-7-10-4-5-10/h9-11H,2-8H2,1H3,(H,16,18)(H,17,20). The minimum atomic E-state index is -0.0844. The zero-order valence-electron chi connectivity index (χ0n) is 12.8. The van der Waals surface area contributed by atoms with E-state index in [1.165, 1.54) is 24.2 Å². The number of thiazole rings is 1. The van der Waals surface area contributed by atoms with E-state index in [9.17, 15) is 9.59 Å². The Morgan fingerprint density at radius 1 is 1.41 bits per heavy atom. The molecule has 1 aliphatic carbocycles. The Morgan fingerprint density at radius 3 is 2.91 bits per heavy atom. The molecule has 0 spiro atoms. The maximum atomic E-state index is 12.5. The molecule has 2 aliphatic rings. The van der Waals surface area contributed by atoms with Crippen molar-refractivity contribution in [3.8, 4) is 0 Å². The van der Waals surface area contributed by atoms with Crippen molar-refractivity contribution in [1.29, 1.82) is 0 Å². The van der Waals surface area contributed by atoms with Gasteiger partial charge in [-0.05, 0) is 31.6 Å². The van der Waals surface area contributed by atoms with E-state index in [2.05, 4.69) is 15.6 Å². The summed E-state index contributed by atoms with van der Waals surface area (Å²) in [4.78, 5) is 30.7. The Kier molecular flexibility index (Phi) is 4.61. The maximum absolute atomic E-state index is 12.5. The van der Waals surface area contributed by atoms with Crippen LogP contribution in [0.5, 0.6) is 0 Å². The molecular weight excluding hydrogens is 300 g/mol. The lowest BCUT2D eigenvalue weighted by Gasteiger charge is -2.31. The molecule has 1 aromatic rings. The van der Waals surface area contributed by atoms with Crippen molar-refractivity contribution in [3.05, 3.63) is 11.1 Å². The lowest BCUT2D eigenvalue weighted by molar-refractivity contribution is -0.126. The largest absolute Gasteiger partial charge is 0.365 e. The number of carbonyl (C=O) groups is 2. The Bertz CT molecular complexity index is 555. The first-order chi connectivity index (χ1) is 10.7. The molecule has 7 heteroatoms. The highest BCUT2D eigenvalue weighted by Crippen LogP contribution is 2.28. The molecule has 1 aromatic heterocycles. The summed E-state index contributed by atoms with van der Waals surface area (Å²) in [6.07, 6.45) is 4.19. The quantitative estimate of drug-likeness (QED) is 0.863. The average molecular weight is 322 g/mol. The third-order valence-electron chi connectivity index (χ3n) is 4.28. The zero-order chi connectivity index (χ0) is 15.5. The number of nitrogens with one attached hydrogen (secondary N) is 2. The van der Waals surface area contributed by atoms with Crippen LogP contribution in [0.4, 0.5) is 5.13 Å². The minimum absolute atomic E-state index is 0.0718. The highest BCUT2D eigenvalue weighted by molar-refractivity contribution is 7.13. The van der Waals surface area contributed by atoms with Gasteiger partial charge in [0.1, 0.15) is 5.69 Å². The van der Waals surface area contributed by atoms with Crippen molar-refractivity contribution >= 4 is 28.3 Å². The summed E-state index contributed by atoms with van der Waals surface area (Å²) in [5, 5.41) is 8.47. The van der Waals surface area contributed by atoms with Gasteiger partial charge in [0, 0.05) is 32.1 Å². The van der Waals surface area contributed by atoms with Gasteiger partial charge in [0.25, 0.3) is 5.91 Å². The third kappa shape index (κ3) is 3.58. The number of carbonyl (C=O) groups excluding carboxylic acids is 2. The number of piperidine rings is 1. The molecule has 0 aromatic carbocycles. The predicted octanol–water partition coefficient (Wildman–Crippen LogP) is 1.56. The van der Waals surface area contributed by atoms with Gasteiger partial charge in [-0.3, -0.25) is 9.59 Å². The monoisotopic (exact) mass is 322 g/mol. The van der Waals surface area contributed by atoms with Crippen molar-refractivity contribution in [1.82, 2.24) is 15.2 Å². The molecule has 22 heavy (non-hydrogen) atoms. The summed E-state index contributed by atoms with van der Waals surface area (Å²) in [5.74, 6) is 0.620. The summed E-state index contributed by atoms with van der Waals surface area (Å²) in [6.45, 7) is 2.00. The van der Waals surface area contributed by atoms with Crippen LogP contribution in [0.15, 0.2) is 5.38 Å². The number of likely N-dealkylation sites (tertiary alicyclic amines) is 1. The Balaban J connectivity index is 1.56. The summed E-state index contributed by atoms with van der Waals surface area (Å²) in [7, 11) is 1.79. The molecule has 6 nitrogen and oxygen atoms in total. The van der Waals surface area contributed by atoms with Gasteiger partial charge in [0.05, 0.1) is 5.92 Å². The molecule has 0 bridgehead atoms. The second kappa shape index (κ2) is 6.64. The van der Waals surface area contributed by atoms with Crippen LogP contribution in [0.1, 0.15) is 36.2 Å². The Hall–Kier alpha value is -1.63. The van der Waals surface area contributed by atoms with Gasteiger partial charge in [-0.25, -0.2) is 4.98 Å². The molecule has 1 unspecified atom stereocenters. The molecule has 1 atom stereocenters. The van der Waals surface area contributed by atoms with E-state index in [4.69, 9.17) is 0 Å². The summed E-state index contributed by atoms with van der Waals surface area (Å²) >= 11 is 1.42. The second-order valence-electron chi connectivity index (χ2n) is 6.07. The smallest absolute Gasteiger partial charge is 0.273 e. The SMILES string of the molecule is CNc1nc(C(=O)N2CCCC(C(=O)NCC3CC3)C2)cs1. The predicted molar refractivity (Wildman–Crippen MR) is 86.0 cm³/mol. The first kappa shape index (κ1) is 15.3.